The first kappa shape index (κ1) is 13.9. The highest BCUT2D eigenvalue weighted by molar-refractivity contribution is 7.17. The number of carbonyl (C=O) groups excluding carboxylic acids is 1. The van der Waals surface area contributed by atoms with Crippen molar-refractivity contribution in [3.05, 3.63) is 5.01 Å². The van der Waals surface area contributed by atoms with Crippen molar-refractivity contribution in [1.29, 1.82) is 0 Å². The van der Waals surface area contributed by atoms with E-state index in [4.69, 9.17) is 0 Å². The molecule has 96 valence electrons. The van der Waals surface area contributed by atoms with Crippen molar-refractivity contribution in [3.8, 4) is 0 Å². The van der Waals surface area contributed by atoms with Gasteiger partial charge in [0.15, 0.2) is 0 Å². The standard InChI is InChI=1S/C11H20N4OS/c1-3-5-6-7-8-13-9(16)10-14-15-11(17-10)12-4-2/h3-8H2,1-2H3,(H,12,15)(H,13,16). The lowest BCUT2D eigenvalue weighted by molar-refractivity contribution is 0.0952. The van der Waals surface area contributed by atoms with E-state index in [1.165, 1.54) is 24.2 Å². The Morgan fingerprint density at radius 1 is 1.24 bits per heavy atom. The number of nitrogens with zero attached hydrogens (tertiary/aromatic N) is 2. The zero-order chi connectivity index (χ0) is 12.5. The molecule has 0 saturated heterocycles. The Balaban J connectivity index is 2.26. The fourth-order valence-corrected chi connectivity index (χ4v) is 2.09. The van der Waals surface area contributed by atoms with Gasteiger partial charge in [0.05, 0.1) is 0 Å². The number of anilines is 1. The summed E-state index contributed by atoms with van der Waals surface area (Å²) in [5, 5.41) is 14.7. The van der Waals surface area contributed by atoms with Gasteiger partial charge in [-0.1, -0.05) is 37.5 Å². The van der Waals surface area contributed by atoms with Gasteiger partial charge in [-0.2, -0.15) is 0 Å². The first-order chi connectivity index (χ1) is 8.27. The number of nitrogens with one attached hydrogen (secondary N) is 2. The molecule has 6 heteroatoms. The Labute approximate surface area is 106 Å². The van der Waals surface area contributed by atoms with E-state index in [1.54, 1.807) is 0 Å². The van der Waals surface area contributed by atoms with E-state index in [1.807, 2.05) is 6.92 Å². The Bertz CT molecular complexity index is 340. The number of amides is 1. The van der Waals surface area contributed by atoms with Crippen LogP contribution in [-0.2, 0) is 0 Å². The second kappa shape index (κ2) is 8.00. The maximum atomic E-state index is 11.7. The van der Waals surface area contributed by atoms with Gasteiger partial charge in [0.1, 0.15) is 0 Å². The molecule has 0 saturated carbocycles. The average molecular weight is 256 g/mol. The molecule has 1 heterocycles. The van der Waals surface area contributed by atoms with Crippen LogP contribution in [-0.4, -0.2) is 29.2 Å². The van der Waals surface area contributed by atoms with Crippen LogP contribution in [0.5, 0.6) is 0 Å². The summed E-state index contributed by atoms with van der Waals surface area (Å²) in [6, 6.07) is 0. The van der Waals surface area contributed by atoms with E-state index in [-0.39, 0.29) is 5.91 Å². The van der Waals surface area contributed by atoms with E-state index in [0.29, 0.717) is 10.1 Å². The summed E-state index contributed by atoms with van der Waals surface area (Å²) >= 11 is 1.29. The summed E-state index contributed by atoms with van der Waals surface area (Å²) in [5.41, 5.74) is 0. The maximum Gasteiger partial charge on any atom is 0.282 e. The molecule has 1 rings (SSSR count). The Kier molecular flexibility index (Phi) is 6.54. The van der Waals surface area contributed by atoms with Crippen molar-refractivity contribution < 1.29 is 4.79 Å². The molecule has 2 N–H and O–H groups in total. The molecule has 0 spiro atoms. The molecular formula is C11H20N4OS. The molecule has 0 fully saturated rings. The Hall–Kier alpha value is -1.17. The van der Waals surface area contributed by atoms with Gasteiger partial charge in [0, 0.05) is 13.1 Å². The van der Waals surface area contributed by atoms with E-state index < -0.39 is 0 Å². The molecule has 1 aromatic rings. The second-order valence-corrected chi connectivity index (χ2v) is 4.74. The minimum atomic E-state index is -0.122. The number of hydrogen-bond acceptors (Lipinski definition) is 5. The van der Waals surface area contributed by atoms with Crippen LogP contribution < -0.4 is 10.6 Å². The molecule has 0 aliphatic carbocycles. The molecule has 0 aliphatic heterocycles. The van der Waals surface area contributed by atoms with E-state index in [2.05, 4.69) is 27.8 Å². The maximum absolute atomic E-state index is 11.7. The molecule has 0 unspecified atom stereocenters. The van der Waals surface area contributed by atoms with Gasteiger partial charge in [0.25, 0.3) is 5.91 Å². The van der Waals surface area contributed by atoms with Crippen molar-refractivity contribution in [2.24, 2.45) is 0 Å². The molecule has 1 amide bonds. The van der Waals surface area contributed by atoms with Crippen LogP contribution >= 0.6 is 11.3 Å². The SMILES string of the molecule is CCCCCCNC(=O)c1nnc(NCC)s1. The van der Waals surface area contributed by atoms with Crippen LogP contribution in [0, 0.1) is 0 Å². The van der Waals surface area contributed by atoms with Crippen molar-refractivity contribution in [2.75, 3.05) is 18.4 Å². The predicted molar refractivity (Wildman–Crippen MR) is 70.5 cm³/mol. The lowest BCUT2D eigenvalue weighted by Crippen LogP contribution is -2.24. The highest BCUT2D eigenvalue weighted by Crippen LogP contribution is 2.14. The number of hydrogen-bond donors (Lipinski definition) is 2. The Morgan fingerprint density at radius 2 is 2.06 bits per heavy atom. The summed E-state index contributed by atoms with van der Waals surface area (Å²) in [6.45, 7) is 5.65. The zero-order valence-corrected chi connectivity index (χ0v) is 11.3. The number of aromatic nitrogens is 2. The minimum Gasteiger partial charge on any atom is -0.360 e. The lowest BCUT2D eigenvalue weighted by atomic mass is 10.2. The summed E-state index contributed by atoms with van der Waals surface area (Å²) in [4.78, 5) is 11.7. The van der Waals surface area contributed by atoms with Crippen molar-refractivity contribution >= 4 is 22.4 Å². The monoisotopic (exact) mass is 256 g/mol. The smallest absolute Gasteiger partial charge is 0.282 e. The van der Waals surface area contributed by atoms with Crippen molar-refractivity contribution in [3.63, 3.8) is 0 Å². The van der Waals surface area contributed by atoms with E-state index in [9.17, 15) is 4.79 Å². The molecule has 1 aromatic heterocycles. The van der Waals surface area contributed by atoms with Gasteiger partial charge in [0.2, 0.25) is 10.1 Å². The molecular weight excluding hydrogens is 236 g/mol. The molecule has 0 aromatic carbocycles. The van der Waals surface area contributed by atoms with Crippen LogP contribution in [0.1, 0.15) is 49.3 Å². The number of rotatable bonds is 8. The third kappa shape index (κ3) is 5.12. The lowest BCUT2D eigenvalue weighted by Gasteiger charge is -2.01. The van der Waals surface area contributed by atoms with Gasteiger partial charge in [-0.05, 0) is 13.3 Å². The summed E-state index contributed by atoms with van der Waals surface area (Å²) < 4.78 is 0. The van der Waals surface area contributed by atoms with Gasteiger partial charge in [-0.15, -0.1) is 10.2 Å². The van der Waals surface area contributed by atoms with Crippen molar-refractivity contribution in [2.45, 2.75) is 39.5 Å². The Morgan fingerprint density at radius 3 is 2.76 bits per heavy atom. The van der Waals surface area contributed by atoms with Gasteiger partial charge in [-0.25, -0.2) is 0 Å². The molecule has 17 heavy (non-hydrogen) atoms. The van der Waals surface area contributed by atoms with Crippen LogP contribution in [0.4, 0.5) is 5.13 Å². The highest BCUT2D eigenvalue weighted by atomic mass is 32.1. The highest BCUT2D eigenvalue weighted by Gasteiger charge is 2.11. The average Bonchev–Trinajstić information content (AvgIpc) is 2.78. The normalized spacial score (nSPS) is 10.2. The third-order valence-electron chi connectivity index (χ3n) is 2.26. The van der Waals surface area contributed by atoms with Crippen molar-refractivity contribution in [1.82, 2.24) is 15.5 Å². The topological polar surface area (TPSA) is 66.9 Å². The molecule has 0 radical (unpaired) electrons. The second-order valence-electron chi connectivity index (χ2n) is 3.76. The molecule has 0 aliphatic rings. The summed E-state index contributed by atoms with van der Waals surface area (Å²) in [6.07, 6.45) is 4.61. The molecule has 5 nitrogen and oxygen atoms in total. The fourth-order valence-electron chi connectivity index (χ4n) is 1.37. The van der Waals surface area contributed by atoms with Crippen LogP contribution in [0.3, 0.4) is 0 Å². The summed E-state index contributed by atoms with van der Waals surface area (Å²) in [7, 11) is 0. The quantitative estimate of drug-likeness (QED) is 0.700. The minimum absolute atomic E-state index is 0.122. The largest absolute Gasteiger partial charge is 0.360 e. The predicted octanol–water partition coefficient (Wildman–Crippen LogP) is 2.28. The fraction of sp³-hybridized carbons (Fsp3) is 0.727. The van der Waals surface area contributed by atoms with Crippen LogP contribution in [0.15, 0.2) is 0 Å². The zero-order valence-electron chi connectivity index (χ0n) is 10.5. The first-order valence-electron chi connectivity index (χ1n) is 6.13. The van der Waals surface area contributed by atoms with E-state index >= 15 is 0 Å². The molecule has 0 atom stereocenters. The third-order valence-corrected chi connectivity index (χ3v) is 3.14. The number of carbonyl (C=O) groups is 1. The van der Waals surface area contributed by atoms with Crippen LogP contribution in [0.25, 0.3) is 0 Å². The van der Waals surface area contributed by atoms with Gasteiger partial charge < -0.3 is 10.6 Å². The number of unbranched alkanes of at least 4 members (excludes halogenated alkanes) is 3. The first-order valence-corrected chi connectivity index (χ1v) is 6.95. The van der Waals surface area contributed by atoms with Crippen LogP contribution in [0.2, 0.25) is 0 Å². The van der Waals surface area contributed by atoms with Gasteiger partial charge >= 0.3 is 0 Å². The summed E-state index contributed by atoms with van der Waals surface area (Å²) in [5.74, 6) is -0.122. The molecule has 0 bridgehead atoms. The van der Waals surface area contributed by atoms with Gasteiger partial charge in [-0.3, -0.25) is 4.79 Å². The van der Waals surface area contributed by atoms with E-state index in [0.717, 1.165) is 25.9 Å².